The molecule has 0 atom stereocenters. The highest BCUT2D eigenvalue weighted by Crippen LogP contribution is 2.69. The third-order valence-corrected chi connectivity index (χ3v) is 15.6. The second-order valence-electron chi connectivity index (χ2n) is 19.6. The SMILES string of the molecule is CC1(C)CCC(C)(C)c2cc(N(c3ccc(-c4ccc5c(c4)C4(c6ccccc6O5)C5CC6CC(C5)CC4C6)cc3)c3ccc4c(c3)oc3ccccc34)ccc21. The molecule has 4 fully saturated rings. The molecule has 6 aromatic carbocycles. The van der Waals surface area contributed by atoms with Gasteiger partial charge in [0.1, 0.15) is 22.7 Å². The molecule has 57 heavy (non-hydrogen) atoms. The number of nitrogens with zero attached hydrogens (tertiary/aromatic N) is 1. The van der Waals surface area contributed by atoms with E-state index >= 15 is 0 Å². The van der Waals surface area contributed by atoms with Crippen molar-refractivity contribution in [3.63, 3.8) is 0 Å². The van der Waals surface area contributed by atoms with Gasteiger partial charge in [0.05, 0.1) is 0 Å². The average Bonchev–Trinajstić information content (AvgIpc) is 3.59. The molecule has 13 rings (SSSR count). The van der Waals surface area contributed by atoms with E-state index in [9.17, 15) is 0 Å². The van der Waals surface area contributed by atoms with Crippen LogP contribution in [0.4, 0.5) is 17.1 Å². The minimum Gasteiger partial charge on any atom is -0.457 e. The van der Waals surface area contributed by atoms with Crippen LogP contribution in [0, 0.1) is 23.7 Å². The van der Waals surface area contributed by atoms with Gasteiger partial charge in [0, 0.05) is 50.4 Å². The number of furan rings is 1. The molecule has 5 aliphatic carbocycles. The van der Waals surface area contributed by atoms with Gasteiger partial charge >= 0.3 is 0 Å². The van der Waals surface area contributed by atoms with Crippen molar-refractivity contribution in [2.45, 2.75) is 88.9 Å². The molecular weight excluding hydrogens is 695 g/mol. The van der Waals surface area contributed by atoms with Crippen molar-refractivity contribution in [2.24, 2.45) is 23.7 Å². The summed E-state index contributed by atoms with van der Waals surface area (Å²) in [6.45, 7) is 9.65. The van der Waals surface area contributed by atoms with Crippen LogP contribution in [0.25, 0.3) is 33.1 Å². The molecule has 0 amide bonds. The Morgan fingerprint density at radius 2 is 1.09 bits per heavy atom. The zero-order valence-corrected chi connectivity index (χ0v) is 33.6. The fraction of sp³-hybridized carbons (Fsp3) is 0.333. The molecule has 6 aliphatic rings. The third kappa shape index (κ3) is 4.90. The van der Waals surface area contributed by atoms with E-state index in [1.165, 1.54) is 84.0 Å². The van der Waals surface area contributed by atoms with Crippen LogP contribution in [-0.2, 0) is 16.2 Å². The summed E-state index contributed by atoms with van der Waals surface area (Å²) in [5.41, 5.74) is 13.8. The quantitative estimate of drug-likeness (QED) is 0.179. The molecule has 0 N–H and O–H groups in total. The summed E-state index contributed by atoms with van der Waals surface area (Å²) in [6.07, 6.45) is 9.24. The lowest BCUT2D eigenvalue weighted by Crippen LogP contribution is -2.56. The Morgan fingerprint density at radius 1 is 0.474 bits per heavy atom. The molecule has 4 saturated carbocycles. The van der Waals surface area contributed by atoms with Crippen LogP contribution in [0.3, 0.4) is 0 Å². The van der Waals surface area contributed by atoms with Crippen LogP contribution in [-0.4, -0.2) is 0 Å². The second-order valence-corrected chi connectivity index (χ2v) is 19.6. The lowest BCUT2D eigenvalue weighted by atomic mass is 9.41. The van der Waals surface area contributed by atoms with E-state index < -0.39 is 0 Å². The summed E-state index contributed by atoms with van der Waals surface area (Å²) >= 11 is 0. The van der Waals surface area contributed by atoms with Gasteiger partial charge in [0.25, 0.3) is 0 Å². The largest absolute Gasteiger partial charge is 0.457 e. The number of fused-ring (bicyclic) bond motifs is 6. The second kappa shape index (κ2) is 11.9. The van der Waals surface area contributed by atoms with E-state index in [2.05, 4.69) is 154 Å². The van der Waals surface area contributed by atoms with Crippen LogP contribution in [0.15, 0.2) is 132 Å². The summed E-state index contributed by atoms with van der Waals surface area (Å²) in [5.74, 6) is 5.29. The molecule has 1 spiro atoms. The van der Waals surface area contributed by atoms with Crippen LogP contribution in [0.2, 0.25) is 0 Å². The Hall–Kier alpha value is -5.28. The zero-order valence-electron chi connectivity index (χ0n) is 33.6. The lowest BCUT2D eigenvalue weighted by molar-refractivity contribution is -0.0452. The van der Waals surface area contributed by atoms with Crippen molar-refractivity contribution in [3.05, 3.63) is 150 Å². The van der Waals surface area contributed by atoms with Crippen molar-refractivity contribution >= 4 is 39.0 Å². The van der Waals surface area contributed by atoms with Gasteiger partial charge in [-0.25, -0.2) is 0 Å². The molecule has 1 aromatic heterocycles. The monoisotopic (exact) mass is 745 g/mol. The van der Waals surface area contributed by atoms with Crippen molar-refractivity contribution in [1.29, 1.82) is 0 Å². The van der Waals surface area contributed by atoms with Crippen molar-refractivity contribution in [1.82, 2.24) is 0 Å². The third-order valence-electron chi connectivity index (χ3n) is 15.6. The normalized spacial score (nSPS) is 25.9. The first kappa shape index (κ1) is 33.8. The first-order valence-corrected chi connectivity index (χ1v) is 21.5. The number of hydrogen-bond acceptors (Lipinski definition) is 3. The number of ether oxygens (including phenoxy) is 1. The van der Waals surface area contributed by atoms with E-state index in [1.54, 1.807) is 0 Å². The summed E-state index contributed by atoms with van der Waals surface area (Å²) in [7, 11) is 0. The Bertz CT molecular complexity index is 2720. The number of rotatable bonds is 4. The minimum atomic E-state index is 0.0361. The highest BCUT2D eigenvalue weighted by atomic mass is 16.5. The van der Waals surface area contributed by atoms with Gasteiger partial charge in [-0.05, 0) is 162 Å². The van der Waals surface area contributed by atoms with Crippen molar-refractivity contribution < 1.29 is 9.15 Å². The van der Waals surface area contributed by atoms with E-state index in [0.717, 1.165) is 56.6 Å². The molecule has 0 saturated heterocycles. The standard InChI is InChI=1S/C54H51NO2/c1-52(2)23-24-53(3,4)46-31-40(19-21-44(46)52)55(41-18-20-43-42-9-5-7-11-48(42)56-51(43)32-41)39-16-13-35(14-17-39)36-15-22-50-47(30-36)54(45-10-6-8-12-49(45)57-50)37-26-33-25-34(28-37)29-38(54)27-33/h5-22,30-34,37-38H,23-29H2,1-4H3. The topological polar surface area (TPSA) is 25.6 Å². The molecular formula is C54H51NO2. The maximum Gasteiger partial charge on any atom is 0.137 e. The van der Waals surface area contributed by atoms with Gasteiger partial charge in [-0.15, -0.1) is 0 Å². The first-order valence-electron chi connectivity index (χ1n) is 21.5. The van der Waals surface area contributed by atoms with Crippen LogP contribution in [0.5, 0.6) is 11.5 Å². The summed E-state index contributed by atoms with van der Waals surface area (Å²) in [6, 6.07) is 47.6. The first-order chi connectivity index (χ1) is 27.7. The number of hydrogen-bond donors (Lipinski definition) is 0. The van der Waals surface area contributed by atoms with E-state index in [1.807, 2.05) is 6.07 Å². The molecule has 1 aliphatic heterocycles. The Kier molecular flexibility index (Phi) is 7.05. The number of para-hydroxylation sites is 2. The molecule has 284 valence electrons. The van der Waals surface area contributed by atoms with Gasteiger partial charge in [0.15, 0.2) is 0 Å². The average molecular weight is 746 g/mol. The maximum atomic E-state index is 6.75. The Labute approximate surface area is 336 Å². The van der Waals surface area contributed by atoms with Crippen molar-refractivity contribution in [3.8, 4) is 22.6 Å². The predicted octanol–water partition coefficient (Wildman–Crippen LogP) is 14.9. The van der Waals surface area contributed by atoms with Gasteiger partial charge in [-0.1, -0.05) is 88.4 Å². The van der Waals surface area contributed by atoms with Gasteiger partial charge in [-0.2, -0.15) is 0 Å². The predicted molar refractivity (Wildman–Crippen MR) is 233 cm³/mol. The summed E-state index contributed by atoms with van der Waals surface area (Å²) in [4.78, 5) is 2.43. The number of anilines is 3. The van der Waals surface area contributed by atoms with E-state index in [0.29, 0.717) is 11.8 Å². The van der Waals surface area contributed by atoms with Crippen LogP contribution < -0.4 is 9.64 Å². The lowest BCUT2D eigenvalue weighted by Gasteiger charge is -2.63. The molecule has 4 bridgehead atoms. The van der Waals surface area contributed by atoms with Gasteiger partial charge < -0.3 is 14.1 Å². The van der Waals surface area contributed by atoms with E-state index in [4.69, 9.17) is 9.15 Å². The Balaban J connectivity index is 0.976. The molecule has 7 aromatic rings. The summed E-state index contributed by atoms with van der Waals surface area (Å²) in [5, 5.41) is 2.30. The zero-order chi connectivity index (χ0) is 38.3. The van der Waals surface area contributed by atoms with Gasteiger partial charge in [-0.3, -0.25) is 0 Å². The van der Waals surface area contributed by atoms with E-state index in [-0.39, 0.29) is 16.2 Å². The highest BCUT2D eigenvalue weighted by Gasteiger charge is 2.61. The molecule has 2 heterocycles. The van der Waals surface area contributed by atoms with Crippen LogP contribution >= 0.6 is 0 Å². The van der Waals surface area contributed by atoms with Crippen molar-refractivity contribution in [2.75, 3.05) is 4.90 Å². The maximum absolute atomic E-state index is 6.75. The number of benzene rings is 6. The highest BCUT2D eigenvalue weighted by molar-refractivity contribution is 6.06. The smallest absolute Gasteiger partial charge is 0.137 e. The van der Waals surface area contributed by atoms with Gasteiger partial charge in [0.2, 0.25) is 0 Å². The minimum absolute atomic E-state index is 0.0361. The fourth-order valence-corrected chi connectivity index (χ4v) is 12.9. The molecule has 0 radical (unpaired) electrons. The Morgan fingerprint density at radius 3 is 1.88 bits per heavy atom. The molecule has 0 unspecified atom stereocenters. The van der Waals surface area contributed by atoms with Crippen LogP contribution in [0.1, 0.15) is 94.9 Å². The summed E-state index contributed by atoms with van der Waals surface area (Å²) < 4.78 is 13.2. The fourth-order valence-electron chi connectivity index (χ4n) is 12.9. The molecule has 3 heteroatoms. The molecule has 3 nitrogen and oxygen atoms in total.